The number of hydrogen-bond donors (Lipinski definition) is 0. The third-order valence-electron chi connectivity index (χ3n) is 10.6. The van der Waals surface area contributed by atoms with E-state index in [0.717, 1.165) is 77.4 Å². The Hall–Kier alpha value is -1.22. The first-order valence-electron chi connectivity index (χ1n) is 20.0. The monoisotopic (exact) mass is 679 g/mol. The smallest absolute Gasteiger partial charge is 0.166 e. The average molecular weight is 679 g/mol. The zero-order valence-electron chi connectivity index (χ0n) is 33.3. The maximum absolute atomic E-state index is 13.2. The second-order valence-electron chi connectivity index (χ2n) is 17.5. The van der Waals surface area contributed by atoms with Gasteiger partial charge in [0.05, 0.1) is 13.2 Å². The summed E-state index contributed by atoms with van der Waals surface area (Å²) in [5.41, 5.74) is -0.845. The molecule has 8 heteroatoms. The van der Waals surface area contributed by atoms with Gasteiger partial charge in [-0.3, -0.25) is 9.68 Å². The van der Waals surface area contributed by atoms with Crippen molar-refractivity contribution in [2.24, 2.45) is 0 Å². The summed E-state index contributed by atoms with van der Waals surface area (Å²) in [6, 6.07) is -0.111. The van der Waals surface area contributed by atoms with E-state index >= 15 is 0 Å². The molecular weight excluding hydrogens is 600 g/mol. The quantitative estimate of drug-likeness (QED) is 0.0352. The lowest BCUT2D eigenvalue weighted by molar-refractivity contribution is -0.517. The molecule has 48 heavy (non-hydrogen) atoms. The first kappa shape index (κ1) is 42.9. The fraction of sp³-hybridized carbons (Fsp3) is 0.950. The van der Waals surface area contributed by atoms with Crippen molar-refractivity contribution in [3.63, 3.8) is 0 Å². The van der Waals surface area contributed by atoms with Crippen LogP contribution in [0.25, 0.3) is 0 Å². The number of hydrogen-bond acceptors (Lipinski definition) is 6. The summed E-state index contributed by atoms with van der Waals surface area (Å²) in [4.78, 5) is 12.7. The first-order chi connectivity index (χ1) is 22.6. The predicted octanol–water partition coefficient (Wildman–Crippen LogP) is 10.3. The van der Waals surface area contributed by atoms with E-state index < -0.39 is 0 Å². The summed E-state index contributed by atoms with van der Waals surface area (Å²) in [6.45, 7) is 23.6. The van der Waals surface area contributed by atoms with Crippen LogP contribution in [0.2, 0.25) is 0 Å². The Bertz CT molecular complexity index is 849. The summed E-state index contributed by atoms with van der Waals surface area (Å²) >= 11 is 0. The first-order valence-corrected chi connectivity index (χ1v) is 20.0. The van der Waals surface area contributed by atoms with Crippen LogP contribution in [0.5, 0.6) is 0 Å². The van der Waals surface area contributed by atoms with Gasteiger partial charge in [0.25, 0.3) is 0 Å². The average Bonchev–Trinajstić information content (AvgIpc) is 2.98. The maximum Gasteiger partial charge on any atom is 0.166 e. The van der Waals surface area contributed by atoms with Crippen LogP contribution >= 0.6 is 0 Å². The number of nitrogens with zero attached hydrogens (tertiary/aromatic N) is 4. The van der Waals surface area contributed by atoms with E-state index in [9.17, 15) is 10.4 Å². The second kappa shape index (κ2) is 20.6. The lowest BCUT2D eigenvalue weighted by Crippen LogP contribution is -2.62. The van der Waals surface area contributed by atoms with Crippen LogP contribution in [-0.4, -0.2) is 79.5 Å². The van der Waals surface area contributed by atoms with Crippen molar-refractivity contribution >= 4 is 12.4 Å². The molecule has 0 spiro atoms. The van der Waals surface area contributed by atoms with Crippen LogP contribution in [0.4, 0.5) is 0 Å². The molecule has 2 heterocycles. The number of piperidine rings is 2. The zero-order chi connectivity index (χ0) is 35.8. The topological polar surface area (TPSA) is 77.1 Å². The fourth-order valence-electron chi connectivity index (χ4n) is 8.58. The highest BCUT2D eigenvalue weighted by atomic mass is 16.7. The Labute approximate surface area is 296 Å². The molecule has 0 bridgehead atoms. The molecule has 8 nitrogen and oxygen atoms in total. The molecule has 0 aliphatic carbocycles. The highest BCUT2D eigenvalue weighted by Gasteiger charge is 2.50. The molecule has 0 N–H and O–H groups in total. The van der Waals surface area contributed by atoms with Gasteiger partial charge in [0.1, 0.15) is 0 Å². The Morgan fingerprint density at radius 1 is 0.500 bits per heavy atom. The van der Waals surface area contributed by atoms with E-state index in [4.69, 9.17) is 9.68 Å². The summed E-state index contributed by atoms with van der Waals surface area (Å²) in [5.74, 6) is 0. The van der Waals surface area contributed by atoms with Gasteiger partial charge in [-0.05, 0) is 81.1 Å². The van der Waals surface area contributed by atoms with E-state index in [0.29, 0.717) is 0 Å². The van der Waals surface area contributed by atoms with Crippen LogP contribution in [0.3, 0.4) is 0 Å². The summed E-state index contributed by atoms with van der Waals surface area (Å²) in [5, 5.41) is 30.8. The largest absolute Gasteiger partial charge is 0.624 e. The normalized spacial score (nSPS) is 22.4. The van der Waals surface area contributed by atoms with Gasteiger partial charge in [0, 0.05) is 60.7 Å². The van der Waals surface area contributed by atoms with Crippen molar-refractivity contribution in [2.75, 3.05) is 13.2 Å². The van der Waals surface area contributed by atoms with Gasteiger partial charge in [-0.25, -0.2) is 9.48 Å². The van der Waals surface area contributed by atoms with Crippen LogP contribution in [0.1, 0.15) is 198 Å². The Morgan fingerprint density at radius 2 is 0.792 bits per heavy atom. The van der Waals surface area contributed by atoms with E-state index in [1.165, 1.54) is 73.7 Å². The molecule has 0 amide bonds. The highest BCUT2D eigenvalue weighted by molar-refractivity contribution is 5.53. The van der Waals surface area contributed by atoms with E-state index in [-0.39, 0.29) is 34.2 Å². The summed E-state index contributed by atoms with van der Waals surface area (Å²) in [6.07, 6.45) is 25.1. The van der Waals surface area contributed by atoms with Gasteiger partial charge in [-0.2, -0.15) is 10.1 Å². The lowest BCUT2D eigenvalue weighted by Gasteiger charge is -2.52. The van der Waals surface area contributed by atoms with Crippen molar-refractivity contribution in [3.8, 4) is 0 Å². The molecule has 0 radical (unpaired) electrons. The van der Waals surface area contributed by atoms with Gasteiger partial charge in [-0.15, -0.1) is 0 Å². The Kier molecular flexibility index (Phi) is 18.4. The molecule has 2 aliphatic rings. The zero-order valence-corrected chi connectivity index (χ0v) is 33.3. The maximum atomic E-state index is 13.2. The van der Waals surface area contributed by atoms with Crippen molar-refractivity contribution in [1.82, 2.24) is 10.1 Å². The molecule has 2 rings (SSSR count). The summed E-state index contributed by atoms with van der Waals surface area (Å²) in [7, 11) is 0. The second-order valence-corrected chi connectivity index (χ2v) is 17.5. The van der Waals surface area contributed by atoms with Gasteiger partial charge >= 0.3 is 0 Å². The van der Waals surface area contributed by atoms with E-state index in [1.807, 2.05) is 12.4 Å². The fourth-order valence-corrected chi connectivity index (χ4v) is 8.58. The minimum Gasteiger partial charge on any atom is -0.624 e. The van der Waals surface area contributed by atoms with Gasteiger partial charge in [0.15, 0.2) is 24.5 Å². The standard InChI is InChI=1S/C40H78N4O4/c1-11-13-15-17-21-25-29-47-43-37(3,4)31-35(32-38(43,5)6)41(45)27-23-19-20-24-28-42(46)36-33-39(7,8)44(40(9,10)34-36)48-30-26-22-18-16-14-12-2/h27-28,35-36H,11-26,29-34H2,1-10H3/b41-27-,42-28-. The Balaban J connectivity index is 1.77. The molecule has 0 aromatic carbocycles. The lowest BCUT2D eigenvalue weighted by atomic mass is 9.79. The van der Waals surface area contributed by atoms with Gasteiger partial charge in [0.2, 0.25) is 0 Å². The number of hydroxylamine groups is 6. The highest BCUT2D eigenvalue weighted by Crippen LogP contribution is 2.41. The molecule has 2 saturated heterocycles. The molecule has 282 valence electrons. The third-order valence-corrected chi connectivity index (χ3v) is 10.6. The molecular formula is C40H78N4O4. The van der Waals surface area contributed by atoms with E-state index in [1.54, 1.807) is 0 Å². The van der Waals surface area contributed by atoms with Gasteiger partial charge < -0.3 is 10.4 Å². The molecule has 0 unspecified atom stereocenters. The molecule has 0 aromatic rings. The van der Waals surface area contributed by atoms with Crippen molar-refractivity contribution in [3.05, 3.63) is 10.4 Å². The van der Waals surface area contributed by atoms with Crippen LogP contribution in [0, 0.1) is 10.4 Å². The Morgan fingerprint density at radius 3 is 1.10 bits per heavy atom. The minimum atomic E-state index is -0.211. The number of unbranched alkanes of at least 4 members (excludes halogenated alkanes) is 13. The summed E-state index contributed by atoms with van der Waals surface area (Å²) < 4.78 is 2.43. The minimum absolute atomic E-state index is 0.0556. The molecule has 2 fully saturated rings. The van der Waals surface area contributed by atoms with Crippen LogP contribution < -0.4 is 0 Å². The van der Waals surface area contributed by atoms with Crippen LogP contribution in [0.15, 0.2) is 0 Å². The predicted molar refractivity (Wildman–Crippen MR) is 203 cm³/mol. The number of rotatable bonds is 23. The SMILES string of the molecule is CCCCCCCCON1C(C)(C)CC(/[N+]([O-])=C/CCCC/C=[N+](\[O-])C2CC(C)(C)N(OCCCCCCCC)C(C)(C)C2)CC1(C)C. The third kappa shape index (κ3) is 14.2. The molecule has 0 aromatic heterocycles. The molecule has 2 aliphatic heterocycles. The molecule has 0 atom stereocenters. The van der Waals surface area contributed by atoms with Gasteiger partial charge in [-0.1, -0.05) is 78.1 Å². The van der Waals surface area contributed by atoms with Crippen molar-refractivity contribution < 1.29 is 19.2 Å². The van der Waals surface area contributed by atoms with Crippen LogP contribution in [-0.2, 0) is 9.68 Å². The van der Waals surface area contributed by atoms with E-state index in [2.05, 4.69) is 79.4 Å². The van der Waals surface area contributed by atoms with Crippen molar-refractivity contribution in [1.29, 1.82) is 0 Å². The van der Waals surface area contributed by atoms with Crippen molar-refractivity contribution in [2.45, 2.75) is 232 Å². The molecule has 0 saturated carbocycles.